The van der Waals surface area contributed by atoms with Crippen LogP contribution in [-0.4, -0.2) is 75.5 Å². The van der Waals surface area contributed by atoms with E-state index in [1.165, 1.54) is 17.0 Å². The number of nitrogens with zero attached hydrogens (tertiary/aromatic N) is 3. The first-order valence-electron chi connectivity index (χ1n) is 9.72. The molecule has 3 fully saturated rings. The first-order valence-corrected chi connectivity index (χ1v) is 9.72. The number of benzene rings is 1. The molecule has 2 amide bonds. The molecule has 0 saturated carbocycles. The topological polar surface area (TPSA) is 64.1 Å². The number of β-amino-alcohol motifs (C(OH)–C–C–N with tert-alkyl or cyclic N) is 1. The molecule has 27 heavy (non-hydrogen) atoms. The molecule has 0 unspecified atom stereocenters. The van der Waals surface area contributed by atoms with E-state index < -0.39 is 17.7 Å². The van der Waals surface area contributed by atoms with E-state index >= 15 is 0 Å². The van der Waals surface area contributed by atoms with Crippen molar-refractivity contribution in [3.05, 3.63) is 35.6 Å². The summed E-state index contributed by atoms with van der Waals surface area (Å²) < 4.78 is 13.1. The number of amides is 2. The standard InChI is InChI=1S/C20H26FN3O3/c1-2-3-8-23-18(26)17-9-16(25)11-24(17)20(19(23)27)12-22(13-20)10-14-4-6-15(21)7-5-14/h4-7,16-17,25H,2-3,8-13H2,1H3/t16-,17+/m1/s1. The SMILES string of the molecule is CCCCN1C(=O)[C@@H]2C[C@@H](O)CN2C2(CN(Cc3ccc(F)cc3)C2)C1=O. The van der Waals surface area contributed by atoms with E-state index in [-0.39, 0.29) is 17.6 Å². The van der Waals surface area contributed by atoms with Crippen LogP contribution < -0.4 is 0 Å². The lowest BCUT2D eigenvalue weighted by atomic mass is 9.82. The molecule has 0 aliphatic carbocycles. The smallest absolute Gasteiger partial charge is 0.252 e. The number of imide groups is 1. The van der Waals surface area contributed by atoms with Crippen LogP contribution >= 0.6 is 0 Å². The number of rotatable bonds is 5. The lowest BCUT2D eigenvalue weighted by Gasteiger charge is -2.58. The highest BCUT2D eigenvalue weighted by Gasteiger charge is 2.63. The van der Waals surface area contributed by atoms with Crippen LogP contribution in [0.3, 0.4) is 0 Å². The van der Waals surface area contributed by atoms with Gasteiger partial charge in [0.2, 0.25) is 5.91 Å². The predicted octanol–water partition coefficient (Wildman–Crippen LogP) is 0.984. The van der Waals surface area contributed by atoms with Crippen molar-refractivity contribution in [3.8, 4) is 0 Å². The largest absolute Gasteiger partial charge is 0.392 e. The first kappa shape index (κ1) is 18.5. The van der Waals surface area contributed by atoms with Crippen molar-refractivity contribution in [1.82, 2.24) is 14.7 Å². The summed E-state index contributed by atoms with van der Waals surface area (Å²) in [5.74, 6) is -0.547. The van der Waals surface area contributed by atoms with Crippen LogP contribution in [0.15, 0.2) is 24.3 Å². The van der Waals surface area contributed by atoms with E-state index in [2.05, 4.69) is 4.90 Å². The minimum absolute atomic E-state index is 0.123. The fourth-order valence-electron chi connectivity index (χ4n) is 4.67. The van der Waals surface area contributed by atoms with Crippen molar-refractivity contribution < 1.29 is 19.1 Å². The maximum Gasteiger partial charge on any atom is 0.252 e. The highest BCUT2D eigenvalue weighted by molar-refractivity contribution is 6.06. The summed E-state index contributed by atoms with van der Waals surface area (Å²) in [4.78, 5) is 31.6. The van der Waals surface area contributed by atoms with Gasteiger partial charge < -0.3 is 5.11 Å². The van der Waals surface area contributed by atoms with Gasteiger partial charge in [0.05, 0.1) is 12.1 Å². The number of piperazine rings is 1. The molecular formula is C20H26FN3O3. The van der Waals surface area contributed by atoms with Gasteiger partial charge in [0.25, 0.3) is 5.91 Å². The normalized spacial score (nSPS) is 27.9. The first-order chi connectivity index (χ1) is 12.9. The molecule has 3 saturated heterocycles. The van der Waals surface area contributed by atoms with Crippen LogP contribution in [0, 0.1) is 5.82 Å². The van der Waals surface area contributed by atoms with Crippen molar-refractivity contribution in [2.24, 2.45) is 0 Å². The zero-order valence-electron chi connectivity index (χ0n) is 15.6. The molecule has 0 radical (unpaired) electrons. The molecule has 146 valence electrons. The summed E-state index contributed by atoms with van der Waals surface area (Å²) in [6.45, 7) is 4.56. The summed E-state index contributed by atoms with van der Waals surface area (Å²) in [7, 11) is 0. The summed E-state index contributed by atoms with van der Waals surface area (Å²) >= 11 is 0. The average molecular weight is 375 g/mol. The quantitative estimate of drug-likeness (QED) is 0.778. The van der Waals surface area contributed by atoms with Crippen LogP contribution in [0.1, 0.15) is 31.7 Å². The Morgan fingerprint density at radius 2 is 1.93 bits per heavy atom. The third-order valence-corrected chi connectivity index (χ3v) is 6.05. The number of aliphatic hydroxyl groups is 1. The zero-order valence-corrected chi connectivity index (χ0v) is 15.6. The monoisotopic (exact) mass is 375 g/mol. The van der Waals surface area contributed by atoms with Crippen molar-refractivity contribution in [1.29, 1.82) is 0 Å². The molecule has 7 heteroatoms. The Labute approximate surface area is 158 Å². The van der Waals surface area contributed by atoms with Crippen LogP contribution in [-0.2, 0) is 16.1 Å². The number of fused-ring (bicyclic) bond motifs is 2. The molecule has 3 aliphatic rings. The second kappa shape index (κ2) is 6.96. The Morgan fingerprint density at radius 1 is 1.22 bits per heavy atom. The van der Waals surface area contributed by atoms with Gasteiger partial charge in [-0.3, -0.25) is 24.3 Å². The highest BCUT2D eigenvalue weighted by Crippen LogP contribution is 2.40. The molecule has 1 aromatic rings. The molecule has 3 aliphatic heterocycles. The van der Waals surface area contributed by atoms with Gasteiger partial charge in [-0.05, 0) is 30.5 Å². The van der Waals surface area contributed by atoms with E-state index in [0.717, 1.165) is 18.4 Å². The number of hydrogen-bond acceptors (Lipinski definition) is 5. The molecule has 1 spiro atoms. The Bertz CT molecular complexity index is 732. The van der Waals surface area contributed by atoms with Gasteiger partial charge in [0.15, 0.2) is 0 Å². The molecule has 0 aromatic heterocycles. The number of unbranched alkanes of at least 4 members (excludes halogenated alkanes) is 1. The third-order valence-electron chi connectivity index (χ3n) is 6.05. The second-order valence-corrected chi connectivity index (χ2v) is 8.01. The number of carbonyl (C=O) groups is 2. The number of halogens is 1. The van der Waals surface area contributed by atoms with Crippen LogP contribution in [0.25, 0.3) is 0 Å². The number of hydrogen-bond donors (Lipinski definition) is 1. The lowest BCUT2D eigenvalue weighted by molar-refractivity contribution is -0.180. The molecule has 4 rings (SSSR count). The minimum Gasteiger partial charge on any atom is -0.392 e. The van der Waals surface area contributed by atoms with E-state index in [0.29, 0.717) is 39.1 Å². The summed E-state index contributed by atoms with van der Waals surface area (Å²) in [5.41, 5.74) is 0.274. The lowest BCUT2D eigenvalue weighted by Crippen LogP contribution is -2.81. The zero-order chi connectivity index (χ0) is 19.2. The summed E-state index contributed by atoms with van der Waals surface area (Å²) in [6.07, 6.45) is 1.54. The van der Waals surface area contributed by atoms with E-state index in [1.807, 2.05) is 11.8 Å². The minimum atomic E-state index is -0.718. The number of carbonyl (C=O) groups excluding carboxylic acids is 2. The van der Waals surface area contributed by atoms with Gasteiger partial charge in [-0.15, -0.1) is 0 Å². The van der Waals surface area contributed by atoms with Crippen LogP contribution in [0.5, 0.6) is 0 Å². The van der Waals surface area contributed by atoms with Crippen molar-refractivity contribution in [2.75, 3.05) is 26.2 Å². The summed E-state index contributed by atoms with van der Waals surface area (Å²) in [6, 6.07) is 5.98. The molecule has 1 aromatic carbocycles. The molecule has 1 N–H and O–H groups in total. The highest BCUT2D eigenvalue weighted by atomic mass is 19.1. The maximum atomic E-state index is 13.2. The molecular weight excluding hydrogens is 349 g/mol. The Balaban J connectivity index is 1.52. The van der Waals surface area contributed by atoms with Gasteiger partial charge in [0, 0.05) is 32.7 Å². The fourth-order valence-corrected chi connectivity index (χ4v) is 4.67. The molecule has 3 heterocycles. The van der Waals surface area contributed by atoms with Gasteiger partial charge >= 0.3 is 0 Å². The van der Waals surface area contributed by atoms with Gasteiger partial charge in [-0.2, -0.15) is 0 Å². The maximum absolute atomic E-state index is 13.2. The Hall–Kier alpha value is -1.83. The predicted molar refractivity (Wildman–Crippen MR) is 97.2 cm³/mol. The fraction of sp³-hybridized carbons (Fsp3) is 0.600. The Morgan fingerprint density at radius 3 is 2.59 bits per heavy atom. The van der Waals surface area contributed by atoms with Gasteiger partial charge in [0.1, 0.15) is 11.4 Å². The van der Waals surface area contributed by atoms with Crippen LogP contribution in [0.4, 0.5) is 4.39 Å². The van der Waals surface area contributed by atoms with Gasteiger partial charge in [-0.1, -0.05) is 25.5 Å². The Kier molecular flexibility index (Phi) is 4.78. The average Bonchev–Trinajstić information content (AvgIpc) is 3.01. The van der Waals surface area contributed by atoms with Crippen molar-refractivity contribution in [3.63, 3.8) is 0 Å². The molecule has 6 nitrogen and oxygen atoms in total. The van der Waals surface area contributed by atoms with Crippen molar-refractivity contribution >= 4 is 11.8 Å². The number of aliphatic hydroxyl groups excluding tert-OH is 1. The van der Waals surface area contributed by atoms with E-state index in [9.17, 15) is 19.1 Å². The second-order valence-electron chi connectivity index (χ2n) is 8.01. The summed E-state index contributed by atoms with van der Waals surface area (Å²) in [5, 5.41) is 10.1. The molecule has 2 atom stereocenters. The molecule has 0 bridgehead atoms. The van der Waals surface area contributed by atoms with E-state index in [1.54, 1.807) is 12.1 Å². The number of likely N-dealkylation sites (tertiary alicyclic amines) is 1. The van der Waals surface area contributed by atoms with Crippen molar-refractivity contribution in [2.45, 2.75) is 50.4 Å². The van der Waals surface area contributed by atoms with Crippen LogP contribution in [0.2, 0.25) is 0 Å². The van der Waals surface area contributed by atoms with E-state index in [4.69, 9.17) is 0 Å². The third kappa shape index (κ3) is 3.07. The van der Waals surface area contributed by atoms with Gasteiger partial charge in [-0.25, -0.2) is 4.39 Å².